The van der Waals surface area contributed by atoms with Crippen molar-refractivity contribution >= 4 is 39.3 Å². The van der Waals surface area contributed by atoms with Crippen LogP contribution < -0.4 is 10.6 Å². The molecule has 3 atom stereocenters. The lowest BCUT2D eigenvalue weighted by atomic mass is 10.0. The molecule has 1 aromatic heterocycles. The Morgan fingerprint density at radius 3 is 2.51 bits per heavy atom. The normalized spacial score (nSPS) is 17.1. The van der Waals surface area contributed by atoms with E-state index < -0.39 is 49.3 Å². The molecule has 3 aromatic rings. The van der Waals surface area contributed by atoms with E-state index in [0.717, 1.165) is 28.6 Å². The maximum atomic E-state index is 13.4. The predicted octanol–water partition coefficient (Wildman–Crippen LogP) is 5.44. The molecule has 0 aliphatic carbocycles. The van der Waals surface area contributed by atoms with Crippen molar-refractivity contribution < 1.29 is 27.6 Å². The van der Waals surface area contributed by atoms with Gasteiger partial charge in [-0.05, 0) is 43.9 Å². The van der Waals surface area contributed by atoms with Gasteiger partial charge >= 0.3 is 6.18 Å². The van der Waals surface area contributed by atoms with Crippen LogP contribution in [-0.2, 0) is 14.4 Å². The number of aromatic nitrogens is 1. The highest BCUT2D eigenvalue weighted by Crippen LogP contribution is 2.32. The number of benzene rings is 2. The van der Waals surface area contributed by atoms with E-state index in [1.165, 1.54) is 11.3 Å². The van der Waals surface area contributed by atoms with Crippen LogP contribution in [0.1, 0.15) is 68.1 Å². The number of carbonyl (C=O) groups is 3. The van der Waals surface area contributed by atoms with E-state index in [-0.39, 0.29) is 18.4 Å². The third-order valence-electron chi connectivity index (χ3n) is 6.69. The van der Waals surface area contributed by atoms with Crippen LogP contribution in [0.5, 0.6) is 0 Å². The highest BCUT2D eigenvalue weighted by atomic mass is 32.1. The fourth-order valence-electron chi connectivity index (χ4n) is 4.75. The molecule has 0 saturated carbocycles. The number of halogens is 3. The minimum absolute atomic E-state index is 0.133. The molecule has 1 aliphatic heterocycles. The van der Waals surface area contributed by atoms with Gasteiger partial charge < -0.3 is 15.5 Å². The Kier molecular flexibility index (Phi) is 9.21. The molecule has 2 N–H and O–H groups in total. The van der Waals surface area contributed by atoms with Crippen molar-refractivity contribution in [1.29, 1.82) is 0 Å². The monoisotopic (exact) mass is 560 g/mol. The number of rotatable bonds is 10. The van der Waals surface area contributed by atoms with Crippen molar-refractivity contribution in [3.63, 3.8) is 0 Å². The summed E-state index contributed by atoms with van der Waals surface area (Å²) >= 11 is 1.42. The van der Waals surface area contributed by atoms with Gasteiger partial charge in [-0.1, -0.05) is 42.5 Å². The number of likely N-dealkylation sites (tertiary alicyclic amines) is 1. The average molecular weight is 561 g/mol. The van der Waals surface area contributed by atoms with Crippen LogP contribution in [0, 0.1) is 0 Å². The largest absolute Gasteiger partial charge is 0.389 e. The maximum absolute atomic E-state index is 13.4. The van der Waals surface area contributed by atoms with Crippen LogP contribution in [0.15, 0.2) is 54.6 Å². The van der Waals surface area contributed by atoms with Crippen molar-refractivity contribution in [1.82, 2.24) is 20.5 Å². The number of hydrogen-bond donors (Lipinski definition) is 2. The average Bonchev–Trinajstić information content (AvgIpc) is 3.56. The summed E-state index contributed by atoms with van der Waals surface area (Å²) in [6.07, 6.45) is -4.99. The van der Waals surface area contributed by atoms with Gasteiger partial charge in [0.25, 0.3) is 0 Å². The minimum Gasteiger partial charge on any atom is -0.345 e. The smallest absolute Gasteiger partial charge is 0.345 e. The molecular formula is C28H31F3N4O3S. The standard InChI is InChI=1S/C28H31F3N4O3S/c1-18(27-34-20-11-5-6-13-23(20)39-27)32-26(38)21(33-24(36)14-7-15-28(29,30)31)17-25(37)35-16-8-12-22(35)19-9-3-2-4-10-19/h2-6,9-11,13,18,21-22H,7-8,12,14-17H2,1H3,(H,32,38)(H,33,36)/t18-,21?,22?/m0/s1. The van der Waals surface area contributed by atoms with Crippen molar-refractivity contribution in [3.05, 3.63) is 65.2 Å². The van der Waals surface area contributed by atoms with Crippen molar-refractivity contribution in [2.75, 3.05) is 6.54 Å². The second kappa shape index (κ2) is 12.6. The van der Waals surface area contributed by atoms with Gasteiger partial charge in [0.15, 0.2) is 0 Å². The SMILES string of the molecule is C[C@H](NC(=O)C(CC(=O)N1CCCC1c1ccccc1)NC(=O)CCCC(F)(F)F)c1nc2ccccc2s1. The fraction of sp³-hybridized carbons (Fsp3) is 0.429. The molecule has 39 heavy (non-hydrogen) atoms. The first-order valence-electron chi connectivity index (χ1n) is 13.0. The molecule has 1 fully saturated rings. The van der Waals surface area contributed by atoms with Gasteiger partial charge in [-0.3, -0.25) is 14.4 Å². The molecule has 1 saturated heterocycles. The van der Waals surface area contributed by atoms with Crippen molar-refractivity contribution in [3.8, 4) is 0 Å². The summed E-state index contributed by atoms with van der Waals surface area (Å²) in [7, 11) is 0. The van der Waals surface area contributed by atoms with Crippen LogP contribution in [-0.4, -0.2) is 46.4 Å². The molecule has 4 rings (SSSR count). The third-order valence-corrected chi connectivity index (χ3v) is 7.91. The zero-order valence-electron chi connectivity index (χ0n) is 21.5. The molecule has 0 spiro atoms. The number of nitrogens with one attached hydrogen (secondary N) is 2. The van der Waals surface area contributed by atoms with Crippen LogP contribution in [0.3, 0.4) is 0 Å². The lowest BCUT2D eigenvalue weighted by Gasteiger charge is -2.27. The number of alkyl halides is 3. The Hall–Kier alpha value is -3.47. The van der Waals surface area contributed by atoms with E-state index in [1.807, 2.05) is 54.6 Å². The quantitative estimate of drug-likeness (QED) is 0.345. The molecule has 7 nitrogen and oxygen atoms in total. The lowest BCUT2D eigenvalue weighted by Crippen LogP contribution is -2.50. The van der Waals surface area contributed by atoms with E-state index in [9.17, 15) is 27.6 Å². The number of nitrogens with zero attached hydrogens (tertiary/aromatic N) is 2. The van der Waals surface area contributed by atoms with Gasteiger partial charge in [0, 0.05) is 19.4 Å². The molecule has 2 heterocycles. The van der Waals surface area contributed by atoms with Gasteiger partial charge in [0.1, 0.15) is 11.0 Å². The van der Waals surface area contributed by atoms with Gasteiger partial charge in [0.2, 0.25) is 17.7 Å². The fourth-order valence-corrected chi connectivity index (χ4v) is 5.72. The maximum Gasteiger partial charge on any atom is 0.389 e. The van der Waals surface area contributed by atoms with Gasteiger partial charge in [-0.15, -0.1) is 11.3 Å². The van der Waals surface area contributed by atoms with Crippen molar-refractivity contribution in [2.45, 2.75) is 69.8 Å². The molecule has 1 aliphatic rings. The summed E-state index contributed by atoms with van der Waals surface area (Å²) in [6.45, 7) is 2.28. The van der Waals surface area contributed by atoms with Crippen LogP contribution >= 0.6 is 11.3 Å². The summed E-state index contributed by atoms with van der Waals surface area (Å²) in [6, 6.07) is 15.3. The second-order valence-corrected chi connectivity index (χ2v) is 10.8. The summed E-state index contributed by atoms with van der Waals surface area (Å²) in [5, 5.41) is 6.00. The van der Waals surface area contributed by atoms with Gasteiger partial charge in [-0.2, -0.15) is 13.2 Å². The zero-order valence-corrected chi connectivity index (χ0v) is 22.4. The molecule has 2 aromatic carbocycles. The van der Waals surface area contributed by atoms with Crippen LogP contribution in [0.2, 0.25) is 0 Å². The van der Waals surface area contributed by atoms with Crippen LogP contribution in [0.4, 0.5) is 13.2 Å². The summed E-state index contributed by atoms with van der Waals surface area (Å²) < 4.78 is 38.6. The van der Waals surface area contributed by atoms with E-state index >= 15 is 0 Å². The Balaban J connectivity index is 1.46. The molecule has 3 amide bonds. The zero-order chi connectivity index (χ0) is 28.0. The summed E-state index contributed by atoms with van der Waals surface area (Å²) in [4.78, 5) is 45.5. The van der Waals surface area contributed by atoms with Crippen molar-refractivity contribution in [2.24, 2.45) is 0 Å². The molecule has 0 radical (unpaired) electrons. The Labute approximate surface area is 228 Å². The highest BCUT2D eigenvalue weighted by molar-refractivity contribution is 7.18. The first-order chi connectivity index (χ1) is 18.6. The van der Waals surface area contributed by atoms with Gasteiger partial charge in [-0.25, -0.2) is 4.98 Å². The van der Waals surface area contributed by atoms with Gasteiger partial charge in [0.05, 0.1) is 28.7 Å². The van der Waals surface area contributed by atoms with E-state index in [4.69, 9.17) is 0 Å². The van der Waals surface area contributed by atoms with E-state index in [1.54, 1.807) is 11.8 Å². The third kappa shape index (κ3) is 7.78. The molecule has 208 valence electrons. The number of fused-ring (bicyclic) bond motifs is 1. The Bertz CT molecular complexity index is 1260. The first kappa shape index (κ1) is 28.5. The molecule has 2 unspecified atom stereocenters. The molecule has 0 bridgehead atoms. The van der Waals surface area contributed by atoms with E-state index in [0.29, 0.717) is 11.6 Å². The predicted molar refractivity (Wildman–Crippen MR) is 143 cm³/mol. The number of thiazole rings is 1. The number of para-hydroxylation sites is 1. The summed E-state index contributed by atoms with van der Waals surface area (Å²) in [5.74, 6) is -1.60. The Morgan fingerprint density at radius 2 is 1.79 bits per heavy atom. The first-order valence-corrected chi connectivity index (χ1v) is 13.8. The summed E-state index contributed by atoms with van der Waals surface area (Å²) in [5.41, 5.74) is 1.79. The minimum atomic E-state index is -4.37. The molecule has 11 heteroatoms. The van der Waals surface area contributed by atoms with E-state index in [2.05, 4.69) is 15.6 Å². The number of carbonyl (C=O) groups excluding carboxylic acids is 3. The molecular weight excluding hydrogens is 529 g/mol. The second-order valence-electron chi connectivity index (χ2n) is 9.70. The number of amides is 3. The lowest BCUT2D eigenvalue weighted by molar-refractivity contribution is -0.139. The number of hydrogen-bond acceptors (Lipinski definition) is 5. The Morgan fingerprint density at radius 1 is 1.08 bits per heavy atom. The van der Waals surface area contributed by atoms with Crippen LogP contribution in [0.25, 0.3) is 10.2 Å². The highest BCUT2D eigenvalue weighted by Gasteiger charge is 2.34. The topological polar surface area (TPSA) is 91.4 Å².